The maximum atomic E-state index is 12.1. The molecule has 4 heteroatoms. The Bertz CT molecular complexity index is 453. The van der Waals surface area contributed by atoms with E-state index in [2.05, 4.69) is 12.2 Å². The van der Waals surface area contributed by atoms with Crippen LogP contribution in [0.25, 0.3) is 0 Å². The molecule has 0 spiro atoms. The van der Waals surface area contributed by atoms with Crippen LogP contribution in [0.5, 0.6) is 11.5 Å². The zero-order valence-corrected chi connectivity index (χ0v) is 12.3. The second-order valence-corrected chi connectivity index (χ2v) is 5.55. The predicted octanol–water partition coefficient (Wildman–Crippen LogP) is 2.77. The summed E-state index contributed by atoms with van der Waals surface area (Å²) < 4.78 is 10.7. The van der Waals surface area contributed by atoms with Gasteiger partial charge in [0, 0.05) is 11.5 Å². The molecule has 0 unspecified atom stereocenters. The first-order valence-electron chi connectivity index (χ1n) is 7.19. The minimum absolute atomic E-state index is 0.157. The van der Waals surface area contributed by atoms with Crippen molar-refractivity contribution in [1.29, 1.82) is 0 Å². The molecule has 1 aromatic rings. The largest absolute Gasteiger partial charge is 0.497 e. The fourth-order valence-electron chi connectivity index (χ4n) is 2.62. The molecule has 2 rings (SSSR count). The lowest BCUT2D eigenvalue weighted by Crippen LogP contribution is -2.39. The molecule has 1 aromatic carbocycles. The van der Waals surface area contributed by atoms with Crippen LogP contribution in [-0.2, 0) is 4.79 Å². The van der Waals surface area contributed by atoms with Crippen LogP contribution in [-0.4, -0.2) is 26.2 Å². The first-order chi connectivity index (χ1) is 9.64. The van der Waals surface area contributed by atoms with Crippen molar-refractivity contribution in [2.75, 3.05) is 20.3 Å². The van der Waals surface area contributed by atoms with Gasteiger partial charge in [-0.25, -0.2) is 0 Å². The van der Waals surface area contributed by atoms with Gasteiger partial charge >= 0.3 is 0 Å². The van der Waals surface area contributed by atoms with Gasteiger partial charge in [0.05, 0.1) is 13.7 Å². The van der Waals surface area contributed by atoms with Crippen molar-refractivity contribution < 1.29 is 14.3 Å². The van der Waals surface area contributed by atoms with Crippen molar-refractivity contribution in [3.05, 3.63) is 24.3 Å². The Balaban J connectivity index is 1.72. The Morgan fingerprint density at radius 2 is 2.00 bits per heavy atom. The molecule has 0 saturated heterocycles. The predicted molar refractivity (Wildman–Crippen MR) is 78.1 cm³/mol. The summed E-state index contributed by atoms with van der Waals surface area (Å²) in [5.41, 5.74) is -0.171. The molecule has 1 aliphatic rings. The van der Waals surface area contributed by atoms with E-state index in [9.17, 15) is 4.79 Å². The average molecular weight is 277 g/mol. The normalized spacial score (nSPS) is 16.7. The zero-order chi connectivity index (χ0) is 14.4. The summed E-state index contributed by atoms with van der Waals surface area (Å²) in [5.74, 6) is 1.68. The number of nitrogens with one attached hydrogen (secondary N) is 1. The lowest BCUT2D eigenvalue weighted by atomic mass is 9.88. The number of benzene rings is 1. The number of amides is 1. The van der Waals surface area contributed by atoms with Gasteiger partial charge in [-0.05, 0) is 25.0 Å². The number of rotatable bonds is 6. The molecule has 4 nitrogen and oxygen atoms in total. The third kappa shape index (κ3) is 3.65. The SMILES string of the molecule is COc1cccc(OCCNC(=O)C2(C)CCCC2)c1. The quantitative estimate of drug-likeness (QED) is 0.813. The molecule has 1 fully saturated rings. The molecule has 110 valence electrons. The van der Waals surface area contributed by atoms with E-state index in [0.29, 0.717) is 13.2 Å². The molecule has 0 aliphatic heterocycles. The first kappa shape index (κ1) is 14.7. The number of hydrogen-bond donors (Lipinski definition) is 1. The highest BCUT2D eigenvalue weighted by Crippen LogP contribution is 2.37. The summed E-state index contributed by atoms with van der Waals surface area (Å²) in [5, 5.41) is 2.97. The Morgan fingerprint density at radius 1 is 1.30 bits per heavy atom. The van der Waals surface area contributed by atoms with Gasteiger partial charge in [-0.2, -0.15) is 0 Å². The van der Waals surface area contributed by atoms with Crippen LogP contribution < -0.4 is 14.8 Å². The average Bonchev–Trinajstić information content (AvgIpc) is 2.92. The van der Waals surface area contributed by atoms with Gasteiger partial charge in [-0.15, -0.1) is 0 Å². The van der Waals surface area contributed by atoms with E-state index in [1.807, 2.05) is 24.3 Å². The van der Waals surface area contributed by atoms with E-state index in [1.54, 1.807) is 7.11 Å². The number of carbonyl (C=O) groups is 1. The van der Waals surface area contributed by atoms with Crippen LogP contribution in [0.3, 0.4) is 0 Å². The van der Waals surface area contributed by atoms with Gasteiger partial charge in [0.2, 0.25) is 5.91 Å². The maximum absolute atomic E-state index is 12.1. The molecule has 1 amide bonds. The van der Waals surface area contributed by atoms with Gasteiger partial charge in [0.15, 0.2) is 0 Å². The maximum Gasteiger partial charge on any atom is 0.226 e. The number of ether oxygens (including phenoxy) is 2. The van der Waals surface area contributed by atoms with Gasteiger partial charge in [-0.3, -0.25) is 4.79 Å². The highest BCUT2D eigenvalue weighted by molar-refractivity contribution is 5.82. The monoisotopic (exact) mass is 277 g/mol. The molecule has 0 radical (unpaired) electrons. The standard InChI is InChI=1S/C16H23NO3/c1-16(8-3-4-9-16)15(18)17-10-11-20-14-7-5-6-13(12-14)19-2/h5-7,12H,3-4,8-11H2,1-2H3,(H,17,18). The van der Waals surface area contributed by atoms with E-state index in [1.165, 1.54) is 0 Å². The van der Waals surface area contributed by atoms with Gasteiger partial charge in [-0.1, -0.05) is 25.8 Å². The summed E-state index contributed by atoms with van der Waals surface area (Å²) in [4.78, 5) is 12.1. The summed E-state index contributed by atoms with van der Waals surface area (Å²) in [6.07, 6.45) is 4.31. The molecule has 1 saturated carbocycles. The Morgan fingerprint density at radius 3 is 2.70 bits per heavy atom. The summed E-state index contributed by atoms with van der Waals surface area (Å²) in [7, 11) is 1.63. The minimum atomic E-state index is -0.171. The second kappa shape index (κ2) is 6.64. The van der Waals surface area contributed by atoms with Crippen LogP contribution in [0.4, 0.5) is 0 Å². The number of methoxy groups -OCH3 is 1. The van der Waals surface area contributed by atoms with Gasteiger partial charge < -0.3 is 14.8 Å². The van der Waals surface area contributed by atoms with Crippen molar-refractivity contribution in [1.82, 2.24) is 5.32 Å². The van der Waals surface area contributed by atoms with Crippen molar-refractivity contribution in [2.24, 2.45) is 5.41 Å². The lowest BCUT2D eigenvalue weighted by Gasteiger charge is -2.22. The van der Waals surface area contributed by atoms with Crippen molar-refractivity contribution >= 4 is 5.91 Å². The van der Waals surface area contributed by atoms with Crippen LogP contribution >= 0.6 is 0 Å². The van der Waals surface area contributed by atoms with E-state index >= 15 is 0 Å². The fraction of sp³-hybridized carbons (Fsp3) is 0.562. The second-order valence-electron chi connectivity index (χ2n) is 5.55. The first-order valence-corrected chi connectivity index (χ1v) is 7.19. The summed E-state index contributed by atoms with van der Waals surface area (Å²) in [6, 6.07) is 7.46. The third-order valence-electron chi connectivity index (χ3n) is 3.95. The minimum Gasteiger partial charge on any atom is -0.497 e. The summed E-state index contributed by atoms with van der Waals surface area (Å²) >= 11 is 0. The van der Waals surface area contributed by atoms with E-state index < -0.39 is 0 Å². The van der Waals surface area contributed by atoms with Crippen LogP contribution in [0.15, 0.2) is 24.3 Å². The molecule has 0 aromatic heterocycles. The Labute approximate surface area is 120 Å². The van der Waals surface area contributed by atoms with E-state index in [-0.39, 0.29) is 11.3 Å². The number of carbonyl (C=O) groups excluding carboxylic acids is 1. The Hall–Kier alpha value is -1.71. The highest BCUT2D eigenvalue weighted by atomic mass is 16.5. The summed E-state index contributed by atoms with van der Waals surface area (Å²) in [6.45, 7) is 3.05. The van der Waals surface area contributed by atoms with Crippen molar-refractivity contribution in [3.8, 4) is 11.5 Å². The molecule has 1 N–H and O–H groups in total. The third-order valence-corrected chi connectivity index (χ3v) is 3.95. The molecule has 0 atom stereocenters. The molecular formula is C16H23NO3. The molecule has 1 aliphatic carbocycles. The topological polar surface area (TPSA) is 47.6 Å². The molecule has 0 heterocycles. The van der Waals surface area contributed by atoms with Crippen molar-refractivity contribution in [3.63, 3.8) is 0 Å². The van der Waals surface area contributed by atoms with Crippen LogP contribution in [0, 0.1) is 5.41 Å². The van der Waals surface area contributed by atoms with Crippen molar-refractivity contribution in [2.45, 2.75) is 32.6 Å². The smallest absolute Gasteiger partial charge is 0.226 e. The van der Waals surface area contributed by atoms with Crippen LogP contribution in [0.1, 0.15) is 32.6 Å². The molecule has 20 heavy (non-hydrogen) atoms. The zero-order valence-electron chi connectivity index (χ0n) is 12.3. The lowest BCUT2D eigenvalue weighted by molar-refractivity contribution is -0.130. The molecule has 0 bridgehead atoms. The van der Waals surface area contributed by atoms with E-state index in [4.69, 9.17) is 9.47 Å². The van der Waals surface area contributed by atoms with Crippen LogP contribution in [0.2, 0.25) is 0 Å². The van der Waals surface area contributed by atoms with Gasteiger partial charge in [0.1, 0.15) is 18.1 Å². The Kier molecular flexibility index (Phi) is 4.88. The molecular weight excluding hydrogens is 254 g/mol. The van der Waals surface area contributed by atoms with Gasteiger partial charge in [0.25, 0.3) is 0 Å². The number of hydrogen-bond acceptors (Lipinski definition) is 3. The fourth-order valence-corrected chi connectivity index (χ4v) is 2.62. The van der Waals surface area contributed by atoms with E-state index in [0.717, 1.165) is 37.2 Å². The highest BCUT2D eigenvalue weighted by Gasteiger charge is 2.35.